The van der Waals surface area contributed by atoms with Crippen LogP contribution in [0.5, 0.6) is 5.88 Å². The molecule has 0 saturated carbocycles. The second-order valence-corrected chi connectivity index (χ2v) is 5.01. The van der Waals surface area contributed by atoms with Gasteiger partial charge in [-0.15, -0.1) is 0 Å². The standard InChI is InChI=1S/C14H18N2O5/c1-20-11-3-2-10(9-15-11)13(19)16-14(8-12(17)18)4-6-21-7-5-14/h2-3,9H,4-8H2,1H3,(H,16,19)(H,17,18). The number of carbonyl (C=O) groups excluding carboxylic acids is 1. The van der Waals surface area contributed by atoms with Crippen LogP contribution in [0.15, 0.2) is 18.3 Å². The molecule has 1 amide bonds. The fraction of sp³-hybridized carbons (Fsp3) is 0.500. The van der Waals surface area contributed by atoms with E-state index in [1.54, 1.807) is 12.1 Å². The largest absolute Gasteiger partial charge is 0.481 e. The second kappa shape index (κ2) is 6.53. The van der Waals surface area contributed by atoms with Crippen molar-refractivity contribution in [3.05, 3.63) is 23.9 Å². The van der Waals surface area contributed by atoms with E-state index in [1.807, 2.05) is 0 Å². The molecule has 2 N–H and O–H groups in total. The molecule has 2 heterocycles. The number of carboxylic acid groups (broad SMARTS) is 1. The van der Waals surface area contributed by atoms with Crippen molar-refractivity contribution in [3.8, 4) is 5.88 Å². The van der Waals surface area contributed by atoms with Gasteiger partial charge in [-0.3, -0.25) is 9.59 Å². The number of aliphatic carboxylic acids is 1. The van der Waals surface area contributed by atoms with Crippen LogP contribution >= 0.6 is 0 Å². The van der Waals surface area contributed by atoms with Crippen LogP contribution < -0.4 is 10.1 Å². The molecule has 0 aliphatic carbocycles. The van der Waals surface area contributed by atoms with Crippen LogP contribution in [0.3, 0.4) is 0 Å². The number of hydrogen-bond acceptors (Lipinski definition) is 5. The smallest absolute Gasteiger partial charge is 0.305 e. The summed E-state index contributed by atoms with van der Waals surface area (Å²) in [6, 6.07) is 3.18. The first kappa shape index (κ1) is 15.2. The minimum Gasteiger partial charge on any atom is -0.481 e. The Balaban J connectivity index is 2.11. The number of pyridine rings is 1. The number of hydrogen-bond donors (Lipinski definition) is 2. The zero-order valence-electron chi connectivity index (χ0n) is 11.8. The number of methoxy groups -OCH3 is 1. The van der Waals surface area contributed by atoms with E-state index in [1.165, 1.54) is 13.3 Å². The zero-order valence-corrected chi connectivity index (χ0v) is 11.8. The molecule has 7 nitrogen and oxygen atoms in total. The molecule has 1 aliphatic heterocycles. The van der Waals surface area contributed by atoms with Crippen LogP contribution in [-0.4, -0.2) is 47.8 Å². The first-order valence-corrected chi connectivity index (χ1v) is 6.67. The molecule has 0 aromatic carbocycles. The molecule has 0 spiro atoms. The van der Waals surface area contributed by atoms with Crippen LogP contribution in [0.1, 0.15) is 29.6 Å². The number of carbonyl (C=O) groups is 2. The molecule has 2 rings (SSSR count). The first-order valence-electron chi connectivity index (χ1n) is 6.67. The summed E-state index contributed by atoms with van der Waals surface area (Å²) >= 11 is 0. The van der Waals surface area contributed by atoms with E-state index in [-0.39, 0.29) is 12.3 Å². The molecule has 1 aromatic heterocycles. The van der Waals surface area contributed by atoms with Crippen molar-refractivity contribution in [1.29, 1.82) is 0 Å². The fourth-order valence-electron chi connectivity index (χ4n) is 2.35. The predicted octanol–water partition coefficient (Wildman–Crippen LogP) is 0.844. The third kappa shape index (κ3) is 3.91. The van der Waals surface area contributed by atoms with E-state index in [0.29, 0.717) is 37.5 Å². The van der Waals surface area contributed by atoms with Crippen molar-refractivity contribution in [3.63, 3.8) is 0 Å². The van der Waals surface area contributed by atoms with Crippen molar-refractivity contribution < 1.29 is 24.2 Å². The summed E-state index contributed by atoms with van der Waals surface area (Å²) in [5, 5.41) is 11.9. The Morgan fingerprint density at radius 2 is 2.14 bits per heavy atom. The van der Waals surface area contributed by atoms with Crippen LogP contribution in [-0.2, 0) is 9.53 Å². The van der Waals surface area contributed by atoms with Gasteiger partial charge in [0.25, 0.3) is 5.91 Å². The lowest BCUT2D eigenvalue weighted by atomic mass is 9.86. The number of nitrogens with zero attached hydrogens (tertiary/aromatic N) is 1. The van der Waals surface area contributed by atoms with E-state index in [0.717, 1.165) is 0 Å². The lowest BCUT2D eigenvalue weighted by molar-refractivity contribution is -0.139. The molecule has 1 aromatic rings. The predicted molar refractivity (Wildman–Crippen MR) is 73.3 cm³/mol. The van der Waals surface area contributed by atoms with Gasteiger partial charge < -0.3 is 19.9 Å². The third-order valence-corrected chi connectivity index (χ3v) is 3.53. The van der Waals surface area contributed by atoms with Crippen molar-refractivity contribution >= 4 is 11.9 Å². The normalized spacial score (nSPS) is 17.0. The Labute approximate surface area is 122 Å². The Hall–Kier alpha value is -2.15. The summed E-state index contributed by atoms with van der Waals surface area (Å²) < 4.78 is 10.2. The van der Waals surface area contributed by atoms with Gasteiger partial charge in [0.05, 0.1) is 24.6 Å². The molecule has 7 heteroatoms. The van der Waals surface area contributed by atoms with Gasteiger partial charge in [-0.2, -0.15) is 0 Å². The van der Waals surface area contributed by atoms with Crippen LogP contribution in [0.4, 0.5) is 0 Å². The maximum Gasteiger partial charge on any atom is 0.305 e. The van der Waals surface area contributed by atoms with Crippen LogP contribution in [0.25, 0.3) is 0 Å². The monoisotopic (exact) mass is 294 g/mol. The molecule has 1 saturated heterocycles. The highest BCUT2D eigenvalue weighted by Gasteiger charge is 2.36. The molecule has 1 aliphatic rings. The van der Waals surface area contributed by atoms with Gasteiger partial charge in [0.2, 0.25) is 5.88 Å². The molecule has 0 radical (unpaired) electrons. The van der Waals surface area contributed by atoms with Gasteiger partial charge in [-0.1, -0.05) is 0 Å². The SMILES string of the molecule is COc1ccc(C(=O)NC2(CC(=O)O)CCOCC2)cn1. The first-order chi connectivity index (χ1) is 10.0. The Morgan fingerprint density at radius 3 is 2.67 bits per heavy atom. The highest BCUT2D eigenvalue weighted by atomic mass is 16.5. The van der Waals surface area contributed by atoms with Gasteiger partial charge >= 0.3 is 5.97 Å². The molecule has 1 fully saturated rings. The van der Waals surface area contributed by atoms with Crippen molar-refractivity contribution in [2.75, 3.05) is 20.3 Å². The molecule has 114 valence electrons. The average molecular weight is 294 g/mol. The molecule has 0 bridgehead atoms. The summed E-state index contributed by atoms with van der Waals surface area (Å²) in [7, 11) is 1.49. The molecule has 0 unspecified atom stereocenters. The van der Waals surface area contributed by atoms with Gasteiger partial charge in [-0.05, 0) is 18.9 Å². The van der Waals surface area contributed by atoms with Crippen molar-refractivity contribution in [1.82, 2.24) is 10.3 Å². The van der Waals surface area contributed by atoms with E-state index < -0.39 is 11.5 Å². The number of ether oxygens (including phenoxy) is 2. The minimum atomic E-state index is -0.940. The quantitative estimate of drug-likeness (QED) is 0.835. The molecular weight excluding hydrogens is 276 g/mol. The summed E-state index contributed by atoms with van der Waals surface area (Å²) in [6.07, 6.45) is 2.25. The summed E-state index contributed by atoms with van der Waals surface area (Å²) in [5.41, 5.74) is -0.395. The average Bonchev–Trinajstić information content (AvgIpc) is 2.47. The summed E-state index contributed by atoms with van der Waals surface area (Å²) in [4.78, 5) is 27.3. The van der Waals surface area contributed by atoms with E-state index in [2.05, 4.69) is 10.3 Å². The lowest BCUT2D eigenvalue weighted by Crippen LogP contribution is -2.53. The van der Waals surface area contributed by atoms with Crippen molar-refractivity contribution in [2.24, 2.45) is 0 Å². The number of aromatic nitrogens is 1. The number of rotatable bonds is 5. The Kier molecular flexibility index (Phi) is 4.74. The molecule has 0 atom stereocenters. The minimum absolute atomic E-state index is 0.119. The lowest BCUT2D eigenvalue weighted by Gasteiger charge is -2.36. The zero-order chi connectivity index (χ0) is 15.3. The summed E-state index contributed by atoms with van der Waals surface area (Å²) in [6.45, 7) is 0.878. The van der Waals surface area contributed by atoms with Crippen LogP contribution in [0, 0.1) is 0 Å². The van der Waals surface area contributed by atoms with E-state index in [4.69, 9.17) is 14.6 Å². The Morgan fingerprint density at radius 1 is 1.43 bits per heavy atom. The highest BCUT2D eigenvalue weighted by Crippen LogP contribution is 2.25. The van der Waals surface area contributed by atoms with Gasteiger partial charge in [0.15, 0.2) is 0 Å². The number of amides is 1. The Bertz CT molecular complexity index is 509. The van der Waals surface area contributed by atoms with E-state index in [9.17, 15) is 9.59 Å². The second-order valence-electron chi connectivity index (χ2n) is 5.01. The molecular formula is C14H18N2O5. The maximum absolute atomic E-state index is 12.3. The highest BCUT2D eigenvalue weighted by molar-refractivity contribution is 5.94. The van der Waals surface area contributed by atoms with Gasteiger partial charge in [0.1, 0.15) is 0 Å². The summed E-state index contributed by atoms with van der Waals surface area (Å²) in [5.74, 6) is -0.865. The third-order valence-electron chi connectivity index (χ3n) is 3.53. The van der Waals surface area contributed by atoms with Crippen molar-refractivity contribution in [2.45, 2.75) is 24.8 Å². The topological polar surface area (TPSA) is 97.8 Å². The maximum atomic E-state index is 12.3. The number of carboxylic acids is 1. The number of nitrogens with one attached hydrogen (secondary N) is 1. The van der Waals surface area contributed by atoms with Crippen LogP contribution in [0.2, 0.25) is 0 Å². The van der Waals surface area contributed by atoms with E-state index >= 15 is 0 Å². The fourth-order valence-corrected chi connectivity index (χ4v) is 2.35. The molecule has 21 heavy (non-hydrogen) atoms. The van der Waals surface area contributed by atoms with Gasteiger partial charge in [-0.25, -0.2) is 4.98 Å². The van der Waals surface area contributed by atoms with Gasteiger partial charge in [0, 0.05) is 25.5 Å².